The lowest BCUT2D eigenvalue weighted by molar-refractivity contribution is -0.143. The van der Waals surface area contributed by atoms with Crippen LogP contribution in [0.3, 0.4) is 0 Å². The number of para-hydroxylation sites is 1. The quantitative estimate of drug-likeness (QED) is 0.885. The molecule has 21 heavy (non-hydrogen) atoms. The monoisotopic (exact) mass is 287 g/mol. The summed E-state index contributed by atoms with van der Waals surface area (Å²) in [5.41, 5.74) is -0.000149. The van der Waals surface area contributed by atoms with Crippen LogP contribution in [0.1, 0.15) is 31.4 Å². The Balaban J connectivity index is 1.68. The van der Waals surface area contributed by atoms with Crippen LogP contribution in [0.5, 0.6) is 0 Å². The molecule has 1 saturated carbocycles. The van der Waals surface area contributed by atoms with Crippen LogP contribution in [-0.2, 0) is 9.59 Å². The molecule has 0 saturated heterocycles. The van der Waals surface area contributed by atoms with Gasteiger partial charge in [0.25, 0.3) is 0 Å². The van der Waals surface area contributed by atoms with Gasteiger partial charge in [-0.3, -0.25) is 9.59 Å². The molecule has 1 aromatic heterocycles. The fourth-order valence-corrected chi connectivity index (χ4v) is 2.37. The first kappa shape index (κ1) is 13.7. The van der Waals surface area contributed by atoms with Gasteiger partial charge < -0.3 is 14.8 Å². The molecular weight excluding hydrogens is 270 g/mol. The van der Waals surface area contributed by atoms with Crippen molar-refractivity contribution < 1.29 is 19.1 Å². The van der Waals surface area contributed by atoms with Gasteiger partial charge in [0, 0.05) is 11.9 Å². The van der Waals surface area contributed by atoms with Crippen LogP contribution in [0, 0.1) is 5.41 Å². The molecule has 0 aliphatic heterocycles. The van der Waals surface area contributed by atoms with E-state index in [-0.39, 0.29) is 12.5 Å². The van der Waals surface area contributed by atoms with Crippen LogP contribution < -0.4 is 5.32 Å². The largest absolute Gasteiger partial charge is 0.481 e. The first-order valence-corrected chi connectivity index (χ1v) is 7.01. The first-order chi connectivity index (χ1) is 10.0. The summed E-state index contributed by atoms with van der Waals surface area (Å²) in [5.74, 6) is -0.892. The van der Waals surface area contributed by atoms with Crippen molar-refractivity contribution in [3.8, 4) is 0 Å². The summed E-state index contributed by atoms with van der Waals surface area (Å²) in [4.78, 5) is 23.2. The lowest BCUT2D eigenvalue weighted by atomic mass is 10.1. The normalized spacial score (nSPS) is 17.4. The standard InChI is InChI=1S/C16H17NO4/c1-10(13-8-11-4-2-3-5-12(11)21-13)14(18)17-9-16(6-7-16)15(19)20/h2-5,8,10H,6-7,9H2,1H3,(H,17,18)(H,19,20). The molecule has 1 atom stereocenters. The maximum Gasteiger partial charge on any atom is 0.311 e. The molecule has 2 aromatic rings. The van der Waals surface area contributed by atoms with E-state index in [1.807, 2.05) is 30.3 Å². The average Bonchev–Trinajstić information content (AvgIpc) is 3.15. The SMILES string of the molecule is CC(C(=O)NCC1(C(=O)O)CC1)c1cc2ccccc2o1. The molecule has 5 nitrogen and oxygen atoms in total. The van der Waals surface area contributed by atoms with Crippen molar-refractivity contribution in [3.63, 3.8) is 0 Å². The molecule has 1 unspecified atom stereocenters. The maximum atomic E-state index is 12.2. The third kappa shape index (κ3) is 2.51. The minimum Gasteiger partial charge on any atom is -0.481 e. The first-order valence-electron chi connectivity index (χ1n) is 7.01. The predicted octanol–water partition coefficient (Wildman–Crippen LogP) is 2.52. The smallest absolute Gasteiger partial charge is 0.311 e. The van der Waals surface area contributed by atoms with E-state index in [0.717, 1.165) is 11.0 Å². The summed E-state index contributed by atoms with van der Waals surface area (Å²) >= 11 is 0. The molecule has 1 aliphatic rings. The Morgan fingerprint density at radius 1 is 1.38 bits per heavy atom. The summed E-state index contributed by atoms with van der Waals surface area (Å²) in [5, 5.41) is 12.8. The number of nitrogens with one attached hydrogen (secondary N) is 1. The van der Waals surface area contributed by atoms with Gasteiger partial charge in [0.1, 0.15) is 11.3 Å². The fraction of sp³-hybridized carbons (Fsp3) is 0.375. The average molecular weight is 287 g/mol. The number of rotatable bonds is 5. The number of amides is 1. The van der Waals surface area contributed by atoms with Crippen LogP contribution in [0.25, 0.3) is 11.0 Å². The van der Waals surface area contributed by atoms with E-state index in [9.17, 15) is 9.59 Å². The van der Waals surface area contributed by atoms with E-state index in [1.165, 1.54) is 0 Å². The number of carboxylic acid groups (broad SMARTS) is 1. The Bertz CT molecular complexity index is 666. The van der Waals surface area contributed by atoms with Gasteiger partial charge in [-0.05, 0) is 31.9 Å². The van der Waals surface area contributed by atoms with Gasteiger partial charge in [-0.2, -0.15) is 0 Å². The Hall–Kier alpha value is -2.30. The van der Waals surface area contributed by atoms with Crippen LogP contribution >= 0.6 is 0 Å². The van der Waals surface area contributed by atoms with Crippen LogP contribution in [0.15, 0.2) is 34.7 Å². The fourth-order valence-electron chi connectivity index (χ4n) is 2.37. The second-order valence-corrected chi connectivity index (χ2v) is 5.71. The molecule has 2 N–H and O–H groups in total. The van der Waals surface area contributed by atoms with E-state index < -0.39 is 17.3 Å². The molecule has 1 fully saturated rings. The number of fused-ring (bicyclic) bond motifs is 1. The second kappa shape index (κ2) is 4.91. The lowest BCUT2D eigenvalue weighted by Gasteiger charge is -2.13. The van der Waals surface area contributed by atoms with Crippen molar-refractivity contribution in [2.75, 3.05) is 6.54 Å². The number of carbonyl (C=O) groups excluding carboxylic acids is 1. The summed E-state index contributed by atoms with van der Waals surface area (Å²) in [6.07, 6.45) is 1.25. The molecule has 110 valence electrons. The third-order valence-corrected chi connectivity index (χ3v) is 4.17. The molecule has 0 radical (unpaired) electrons. The van der Waals surface area contributed by atoms with Crippen molar-refractivity contribution in [1.29, 1.82) is 0 Å². The highest BCUT2D eigenvalue weighted by atomic mass is 16.4. The summed E-state index contributed by atoms with van der Waals surface area (Å²) < 4.78 is 5.67. The zero-order valence-corrected chi connectivity index (χ0v) is 11.8. The molecule has 0 spiro atoms. The maximum absolute atomic E-state index is 12.2. The molecule has 1 heterocycles. The predicted molar refractivity (Wildman–Crippen MR) is 76.9 cm³/mol. The number of carboxylic acids is 1. The molecule has 1 aromatic carbocycles. The van der Waals surface area contributed by atoms with Crippen molar-refractivity contribution in [3.05, 3.63) is 36.1 Å². The summed E-state index contributed by atoms with van der Waals surface area (Å²) in [6.45, 7) is 1.94. The van der Waals surface area contributed by atoms with Crippen molar-refractivity contribution >= 4 is 22.8 Å². The minimum absolute atomic E-state index is 0.186. The van der Waals surface area contributed by atoms with Gasteiger partial charge >= 0.3 is 5.97 Å². The third-order valence-electron chi connectivity index (χ3n) is 4.17. The minimum atomic E-state index is -0.834. The highest BCUT2D eigenvalue weighted by Gasteiger charge is 2.50. The van der Waals surface area contributed by atoms with Crippen molar-refractivity contribution in [2.45, 2.75) is 25.7 Å². The van der Waals surface area contributed by atoms with Gasteiger partial charge in [-0.15, -0.1) is 0 Å². The zero-order valence-electron chi connectivity index (χ0n) is 11.8. The Morgan fingerprint density at radius 3 is 2.71 bits per heavy atom. The molecule has 3 rings (SSSR count). The lowest BCUT2D eigenvalue weighted by Crippen LogP contribution is -2.36. The van der Waals surface area contributed by atoms with E-state index in [1.54, 1.807) is 6.92 Å². The Morgan fingerprint density at radius 2 is 2.10 bits per heavy atom. The van der Waals surface area contributed by atoms with Crippen molar-refractivity contribution in [2.24, 2.45) is 5.41 Å². The van der Waals surface area contributed by atoms with Crippen LogP contribution in [-0.4, -0.2) is 23.5 Å². The molecule has 5 heteroatoms. The number of hydrogen-bond acceptors (Lipinski definition) is 3. The van der Waals surface area contributed by atoms with Gasteiger partial charge in [-0.1, -0.05) is 18.2 Å². The van der Waals surface area contributed by atoms with Gasteiger partial charge in [0.15, 0.2) is 0 Å². The number of benzene rings is 1. The van der Waals surface area contributed by atoms with Gasteiger partial charge in [0.05, 0.1) is 11.3 Å². The molecule has 1 amide bonds. The van der Waals surface area contributed by atoms with Crippen LogP contribution in [0.2, 0.25) is 0 Å². The number of hydrogen-bond donors (Lipinski definition) is 2. The molecule has 0 bridgehead atoms. The van der Waals surface area contributed by atoms with Gasteiger partial charge in [-0.25, -0.2) is 0 Å². The van der Waals surface area contributed by atoms with E-state index >= 15 is 0 Å². The zero-order chi connectivity index (χ0) is 15.0. The highest BCUT2D eigenvalue weighted by Crippen LogP contribution is 2.45. The van der Waals surface area contributed by atoms with Crippen LogP contribution in [0.4, 0.5) is 0 Å². The van der Waals surface area contributed by atoms with Crippen molar-refractivity contribution in [1.82, 2.24) is 5.32 Å². The van der Waals surface area contributed by atoms with E-state index in [2.05, 4.69) is 5.32 Å². The number of aliphatic carboxylic acids is 1. The molecular formula is C16H17NO4. The second-order valence-electron chi connectivity index (χ2n) is 5.71. The topological polar surface area (TPSA) is 79.5 Å². The summed E-state index contributed by atoms with van der Waals surface area (Å²) in [6, 6.07) is 9.42. The van der Waals surface area contributed by atoms with Gasteiger partial charge in [0.2, 0.25) is 5.91 Å². The summed E-state index contributed by atoms with van der Waals surface area (Å²) in [7, 11) is 0. The van der Waals surface area contributed by atoms with E-state index in [0.29, 0.717) is 18.6 Å². The Labute approximate surface area is 121 Å². The Kier molecular flexibility index (Phi) is 3.20. The number of furan rings is 1. The highest BCUT2D eigenvalue weighted by molar-refractivity contribution is 5.86. The van der Waals surface area contributed by atoms with E-state index in [4.69, 9.17) is 9.52 Å². The molecule has 1 aliphatic carbocycles. The number of carbonyl (C=O) groups is 2.